The van der Waals surface area contributed by atoms with Gasteiger partial charge in [-0.2, -0.15) is 9.82 Å². The standard InChI is InChI=1S/C9H11N3O4S/c1-3-4-7(9(13)14)11-17(15,16)8-5-6-10-12(8)2/h1,5-7,11H,4H2,2H3,(H,13,14). The molecule has 1 heterocycles. The fourth-order valence-corrected chi connectivity index (χ4v) is 2.48. The van der Waals surface area contributed by atoms with E-state index in [9.17, 15) is 13.2 Å². The van der Waals surface area contributed by atoms with E-state index >= 15 is 0 Å². The summed E-state index contributed by atoms with van der Waals surface area (Å²) in [6.45, 7) is 0. The summed E-state index contributed by atoms with van der Waals surface area (Å²) in [4.78, 5) is 10.8. The van der Waals surface area contributed by atoms with Gasteiger partial charge in [0.2, 0.25) is 0 Å². The van der Waals surface area contributed by atoms with Gasteiger partial charge in [0.05, 0.1) is 6.20 Å². The fraction of sp³-hybridized carbons (Fsp3) is 0.333. The average molecular weight is 257 g/mol. The van der Waals surface area contributed by atoms with Crippen LogP contribution in [0.5, 0.6) is 0 Å². The number of sulfonamides is 1. The van der Waals surface area contributed by atoms with E-state index in [2.05, 4.69) is 11.0 Å². The van der Waals surface area contributed by atoms with Crippen molar-refractivity contribution in [2.45, 2.75) is 17.5 Å². The first-order chi connectivity index (χ1) is 7.88. The maximum absolute atomic E-state index is 11.8. The summed E-state index contributed by atoms with van der Waals surface area (Å²) >= 11 is 0. The SMILES string of the molecule is C#CCC(NS(=O)(=O)c1ccnn1C)C(=O)O. The first-order valence-corrected chi connectivity index (χ1v) is 6.03. The molecule has 1 atom stereocenters. The molecule has 0 bridgehead atoms. The van der Waals surface area contributed by atoms with Crippen LogP contribution in [0, 0.1) is 12.3 Å². The van der Waals surface area contributed by atoms with Crippen molar-refractivity contribution in [3.8, 4) is 12.3 Å². The third kappa shape index (κ3) is 3.05. The van der Waals surface area contributed by atoms with Crippen molar-refractivity contribution in [1.29, 1.82) is 0 Å². The first-order valence-electron chi connectivity index (χ1n) is 4.55. The second-order valence-corrected chi connectivity index (χ2v) is 4.87. The largest absolute Gasteiger partial charge is 0.480 e. The van der Waals surface area contributed by atoms with Gasteiger partial charge in [0.15, 0.2) is 5.03 Å². The molecule has 0 aliphatic carbocycles. The van der Waals surface area contributed by atoms with Gasteiger partial charge in [0.25, 0.3) is 10.0 Å². The summed E-state index contributed by atoms with van der Waals surface area (Å²) in [6, 6.07) is -0.0863. The average Bonchev–Trinajstić information content (AvgIpc) is 2.64. The van der Waals surface area contributed by atoms with Crippen molar-refractivity contribution >= 4 is 16.0 Å². The monoisotopic (exact) mass is 257 g/mol. The van der Waals surface area contributed by atoms with Crippen LogP contribution in [0.1, 0.15) is 6.42 Å². The summed E-state index contributed by atoms with van der Waals surface area (Å²) in [5.74, 6) is 0.776. The molecule has 0 aliphatic rings. The van der Waals surface area contributed by atoms with Crippen LogP contribution >= 0.6 is 0 Å². The van der Waals surface area contributed by atoms with Crippen molar-refractivity contribution in [2.75, 3.05) is 0 Å². The minimum absolute atomic E-state index is 0.124. The maximum Gasteiger partial charge on any atom is 0.322 e. The lowest BCUT2D eigenvalue weighted by Gasteiger charge is -2.12. The normalized spacial score (nSPS) is 12.9. The molecule has 0 spiro atoms. The minimum Gasteiger partial charge on any atom is -0.480 e. The smallest absolute Gasteiger partial charge is 0.322 e. The van der Waals surface area contributed by atoms with Gasteiger partial charge < -0.3 is 5.11 Å². The number of hydrogen-bond donors (Lipinski definition) is 2. The van der Waals surface area contributed by atoms with Gasteiger partial charge in [-0.1, -0.05) is 0 Å². The molecule has 8 heteroatoms. The minimum atomic E-state index is -3.94. The highest BCUT2D eigenvalue weighted by atomic mass is 32.2. The van der Waals surface area contributed by atoms with Crippen LogP contribution in [0.2, 0.25) is 0 Å². The van der Waals surface area contributed by atoms with E-state index in [1.807, 2.05) is 4.72 Å². The number of aryl methyl sites for hydroxylation is 1. The van der Waals surface area contributed by atoms with Crippen molar-refractivity contribution in [1.82, 2.24) is 14.5 Å². The molecule has 0 aliphatic heterocycles. The Hall–Kier alpha value is -1.85. The van der Waals surface area contributed by atoms with Gasteiger partial charge >= 0.3 is 5.97 Å². The molecule has 1 rings (SSSR count). The van der Waals surface area contributed by atoms with Crippen molar-refractivity contribution in [2.24, 2.45) is 7.05 Å². The second kappa shape index (κ2) is 4.99. The number of terminal acetylenes is 1. The molecule has 0 saturated heterocycles. The summed E-state index contributed by atoms with van der Waals surface area (Å²) in [6.07, 6.45) is 6.04. The van der Waals surface area contributed by atoms with Gasteiger partial charge in [0.1, 0.15) is 6.04 Å². The predicted octanol–water partition coefficient (Wildman–Crippen LogP) is -0.825. The third-order valence-corrected chi connectivity index (χ3v) is 3.51. The summed E-state index contributed by atoms with van der Waals surface area (Å²) in [5, 5.41) is 12.4. The Bertz CT molecular complexity index is 555. The van der Waals surface area contributed by atoms with Crippen molar-refractivity contribution in [3.63, 3.8) is 0 Å². The molecular formula is C9H11N3O4S. The van der Waals surface area contributed by atoms with E-state index in [4.69, 9.17) is 11.5 Å². The lowest BCUT2D eigenvalue weighted by molar-refractivity contribution is -0.138. The van der Waals surface area contributed by atoms with E-state index in [0.717, 1.165) is 4.68 Å². The Labute approximate surface area is 98.5 Å². The van der Waals surface area contributed by atoms with E-state index < -0.39 is 22.0 Å². The number of carboxylic acid groups (broad SMARTS) is 1. The van der Waals surface area contributed by atoms with Crippen molar-refractivity contribution < 1.29 is 18.3 Å². The van der Waals surface area contributed by atoms with Gasteiger partial charge in [-0.3, -0.25) is 9.48 Å². The Balaban J connectivity index is 2.98. The fourth-order valence-electron chi connectivity index (χ4n) is 1.17. The molecule has 0 aromatic carbocycles. The van der Waals surface area contributed by atoms with Crippen LogP contribution < -0.4 is 4.72 Å². The number of aromatic nitrogens is 2. The Morgan fingerprint density at radius 3 is 2.82 bits per heavy atom. The highest BCUT2D eigenvalue weighted by Crippen LogP contribution is 2.07. The molecule has 17 heavy (non-hydrogen) atoms. The molecule has 0 saturated carbocycles. The number of carboxylic acids is 1. The highest BCUT2D eigenvalue weighted by molar-refractivity contribution is 7.89. The van der Waals surface area contributed by atoms with Gasteiger partial charge in [-0.15, -0.1) is 12.3 Å². The first kappa shape index (κ1) is 13.2. The zero-order valence-electron chi connectivity index (χ0n) is 8.99. The van der Waals surface area contributed by atoms with Crippen LogP contribution in [0.4, 0.5) is 0 Å². The van der Waals surface area contributed by atoms with E-state index in [1.165, 1.54) is 19.3 Å². The number of carbonyl (C=O) groups is 1. The molecule has 0 amide bonds. The Kier molecular flexibility index (Phi) is 3.88. The lowest BCUT2D eigenvalue weighted by Crippen LogP contribution is -2.41. The van der Waals surface area contributed by atoms with E-state index in [-0.39, 0.29) is 11.4 Å². The molecular weight excluding hydrogens is 246 g/mol. The van der Waals surface area contributed by atoms with Crippen LogP contribution in [-0.2, 0) is 21.9 Å². The second-order valence-electron chi connectivity index (χ2n) is 3.21. The topological polar surface area (TPSA) is 101 Å². The van der Waals surface area contributed by atoms with Gasteiger partial charge in [-0.05, 0) is 6.07 Å². The molecule has 1 aromatic heterocycles. The summed E-state index contributed by atoms with van der Waals surface area (Å²) in [5.41, 5.74) is 0. The summed E-state index contributed by atoms with van der Waals surface area (Å²) < 4.78 is 26.7. The Morgan fingerprint density at radius 2 is 2.41 bits per heavy atom. The number of nitrogens with zero attached hydrogens (tertiary/aromatic N) is 2. The molecule has 0 fully saturated rings. The lowest BCUT2D eigenvalue weighted by atomic mass is 10.2. The predicted molar refractivity (Wildman–Crippen MR) is 58.4 cm³/mol. The maximum atomic E-state index is 11.8. The van der Waals surface area contributed by atoms with Crippen LogP contribution in [0.15, 0.2) is 17.3 Å². The molecule has 0 radical (unpaired) electrons. The molecule has 7 nitrogen and oxygen atoms in total. The highest BCUT2D eigenvalue weighted by Gasteiger charge is 2.26. The molecule has 1 unspecified atom stereocenters. The molecule has 2 N–H and O–H groups in total. The van der Waals surface area contributed by atoms with Gasteiger partial charge in [-0.25, -0.2) is 8.42 Å². The zero-order chi connectivity index (χ0) is 13.1. The number of rotatable bonds is 5. The molecule has 92 valence electrons. The number of aliphatic carboxylic acids is 1. The van der Waals surface area contributed by atoms with E-state index in [0.29, 0.717) is 0 Å². The quantitative estimate of drug-likeness (QED) is 0.671. The van der Waals surface area contributed by atoms with Crippen LogP contribution in [0.3, 0.4) is 0 Å². The van der Waals surface area contributed by atoms with Gasteiger partial charge in [0, 0.05) is 13.5 Å². The Morgan fingerprint density at radius 1 is 1.76 bits per heavy atom. The molecule has 1 aromatic rings. The third-order valence-electron chi connectivity index (χ3n) is 1.97. The van der Waals surface area contributed by atoms with Crippen molar-refractivity contribution in [3.05, 3.63) is 12.3 Å². The summed E-state index contributed by atoms with van der Waals surface area (Å²) in [7, 11) is -2.50. The number of nitrogens with one attached hydrogen (secondary N) is 1. The van der Waals surface area contributed by atoms with Crippen LogP contribution in [-0.4, -0.2) is 35.3 Å². The zero-order valence-corrected chi connectivity index (χ0v) is 9.81. The van der Waals surface area contributed by atoms with Crippen LogP contribution in [0.25, 0.3) is 0 Å². The number of hydrogen-bond acceptors (Lipinski definition) is 4. The van der Waals surface area contributed by atoms with E-state index in [1.54, 1.807) is 0 Å².